The fourth-order valence-corrected chi connectivity index (χ4v) is 2.86. The molecule has 3 rings (SSSR count). The molecular formula is C16H16ClFN2. The fraction of sp³-hybridized carbons (Fsp3) is 0.250. The average Bonchev–Trinajstić information content (AvgIpc) is 2.61. The van der Waals surface area contributed by atoms with E-state index in [-0.39, 0.29) is 5.82 Å². The van der Waals surface area contributed by atoms with Gasteiger partial charge in [0.25, 0.3) is 0 Å². The number of nitrogens with zero attached hydrogens (tertiary/aromatic N) is 1. The van der Waals surface area contributed by atoms with E-state index in [1.54, 1.807) is 6.07 Å². The summed E-state index contributed by atoms with van der Waals surface area (Å²) in [6.45, 7) is 3.34. The highest BCUT2D eigenvalue weighted by molar-refractivity contribution is 6.30. The standard InChI is InChI=1S/C16H16ClFN2/c17-14-7-12(8-15(18)9-14)11-20-6-5-19-10-13-3-1-2-4-16(13)20/h1-4,7-9,19H,5-6,10-11H2. The Balaban J connectivity index is 1.90. The van der Waals surface area contributed by atoms with E-state index >= 15 is 0 Å². The zero-order valence-electron chi connectivity index (χ0n) is 11.1. The summed E-state index contributed by atoms with van der Waals surface area (Å²) in [7, 11) is 0. The average molecular weight is 291 g/mol. The Bertz CT molecular complexity index is 595. The summed E-state index contributed by atoms with van der Waals surface area (Å²) in [6, 6.07) is 13.0. The topological polar surface area (TPSA) is 15.3 Å². The third kappa shape index (κ3) is 2.94. The van der Waals surface area contributed by atoms with E-state index in [1.807, 2.05) is 18.2 Å². The van der Waals surface area contributed by atoms with Crippen molar-refractivity contribution in [1.82, 2.24) is 5.32 Å². The molecule has 1 aliphatic rings. The molecule has 0 amide bonds. The first kappa shape index (κ1) is 13.4. The summed E-state index contributed by atoms with van der Waals surface area (Å²) in [4.78, 5) is 2.26. The molecule has 1 aliphatic heterocycles. The number of anilines is 1. The van der Waals surface area contributed by atoms with Gasteiger partial charge in [-0.1, -0.05) is 29.8 Å². The van der Waals surface area contributed by atoms with E-state index in [1.165, 1.54) is 17.3 Å². The Morgan fingerprint density at radius 1 is 1.20 bits per heavy atom. The van der Waals surface area contributed by atoms with Crippen LogP contribution >= 0.6 is 11.6 Å². The third-order valence-electron chi connectivity index (χ3n) is 3.50. The minimum atomic E-state index is -0.284. The van der Waals surface area contributed by atoms with Crippen molar-refractivity contribution in [2.45, 2.75) is 13.1 Å². The van der Waals surface area contributed by atoms with Gasteiger partial charge in [0, 0.05) is 36.9 Å². The molecule has 0 aliphatic carbocycles. The van der Waals surface area contributed by atoms with Crippen LogP contribution in [0.4, 0.5) is 10.1 Å². The molecule has 0 radical (unpaired) electrons. The van der Waals surface area contributed by atoms with Gasteiger partial charge in [0.1, 0.15) is 5.82 Å². The first-order valence-electron chi connectivity index (χ1n) is 6.71. The highest BCUT2D eigenvalue weighted by Gasteiger charge is 2.15. The van der Waals surface area contributed by atoms with Gasteiger partial charge in [-0.15, -0.1) is 0 Å². The Morgan fingerprint density at radius 2 is 2.05 bits per heavy atom. The molecule has 0 aromatic heterocycles. The predicted molar refractivity (Wildman–Crippen MR) is 80.6 cm³/mol. The lowest BCUT2D eigenvalue weighted by atomic mass is 10.1. The molecule has 1 heterocycles. The Hall–Kier alpha value is -1.58. The van der Waals surface area contributed by atoms with Crippen LogP contribution in [-0.4, -0.2) is 13.1 Å². The first-order valence-corrected chi connectivity index (χ1v) is 7.09. The highest BCUT2D eigenvalue weighted by atomic mass is 35.5. The number of hydrogen-bond donors (Lipinski definition) is 1. The fourth-order valence-electron chi connectivity index (χ4n) is 2.61. The second kappa shape index (κ2) is 5.81. The van der Waals surface area contributed by atoms with Crippen LogP contribution in [0.5, 0.6) is 0 Å². The van der Waals surface area contributed by atoms with Crippen LogP contribution in [0.3, 0.4) is 0 Å². The zero-order chi connectivity index (χ0) is 13.9. The number of rotatable bonds is 2. The van der Waals surface area contributed by atoms with Gasteiger partial charge in [-0.25, -0.2) is 4.39 Å². The maximum Gasteiger partial charge on any atom is 0.125 e. The van der Waals surface area contributed by atoms with Gasteiger partial charge in [0.15, 0.2) is 0 Å². The summed E-state index contributed by atoms with van der Waals surface area (Å²) in [5.41, 5.74) is 3.37. The van der Waals surface area contributed by atoms with Crippen molar-refractivity contribution in [2.75, 3.05) is 18.0 Å². The predicted octanol–water partition coefficient (Wildman–Crippen LogP) is 3.59. The van der Waals surface area contributed by atoms with Gasteiger partial charge >= 0.3 is 0 Å². The Kier molecular flexibility index (Phi) is 3.90. The quantitative estimate of drug-likeness (QED) is 0.909. The Labute approximate surface area is 123 Å². The van der Waals surface area contributed by atoms with Crippen molar-refractivity contribution >= 4 is 17.3 Å². The molecule has 0 atom stereocenters. The summed E-state index contributed by atoms with van der Waals surface area (Å²) >= 11 is 5.93. The monoisotopic (exact) mass is 290 g/mol. The number of fused-ring (bicyclic) bond motifs is 1. The number of para-hydroxylation sites is 1. The first-order chi connectivity index (χ1) is 9.72. The van der Waals surface area contributed by atoms with Crippen LogP contribution in [0.15, 0.2) is 42.5 Å². The van der Waals surface area contributed by atoms with Crippen molar-refractivity contribution in [2.24, 2.45) is 0 Å². The van der Waals surface area contributed by atoms with Crippen molar-refractivity contribution in [3.8, 4) is 0 Å². The van der Waals surface area contributed by atoms with E-state index in [2.05, 4.69) is 22.3 Å². The van der Waals surface area contributed by atoms with Crippen LogP contribution in [0.2, 0.25) is 5.02 Å². The van der Waals surface area contributed by atoms with Gasteiger partial charge in [0.2, 0.25) is 0 Å². The lowest BCUT2D eigenvalue weighted by Crippen LogP contribution is -2.28. The maximum absolute atomic E-state index is 13.4. The molecule has 0 bridgehead atoms. The largest absolute Gasteiger partial charge is 0.366 e. The van der Waals surface area contributed by atoms with E-state index in [4.69, 9.17) is 11.6 Å². The third-order valence-corrected chi connectivity index (χ3v) is 3.72. The lowest BCUT2D eigenvalue weighted by molar-refractivity contribution is 0.624. The van der Waals surface area contributed by atoms with Crippen LogP contribution in [0.25, 0.3) is 0 Å². The van der Waals surface area contributed by atoms with Gasteiger partial charge in [-0.05, 0) is 35.4 Å². The maximum atomic E-state index is 13.4. The molecule has 2 aromatic carbocycles. The molecular weight excluding hydrogens is 275 g/mol. The SMILES string of the molecule is Fc1cc(Cl)cc(CN2CCNCc3ccccc32)c1. The van der Waals surface area contributed by atoms with Gasteiger partial charge < -0.3 is 10.2 Å². The van der Waals surface area contributed by atoms with Gasteiger partial charge in [-0.2, -0.15) is 0 Å². The summed E-state index contributed by atoms with van der Waals surface area (Å²) in [5, 5.41) is 3.85. The van der Waals surface area contributed by atoms with Crippen LogP contribution in [0.1, 0.15) is 11.1 Å². The molecule has 0 fully saturated rings. The Morgan fingerprint density at radius 3 is 2.90 bits per heavy atom. The second-order valence-corrected chi connectivity index (χ2v) is 5.44. The van der Waals surface area contributed by atoms with E-state index in [0.717, 1.165) is 25.2 Å². The number of halogens is 2. The highest BCUT2D eigenvalue weighted by Crippen LogP contribution is 2.25. The molecule has 0 saturated carbocycles. The number of benzene rings is 2. The smallest absolute Gasteiger partial charge is 0.125 e. The molecule has 0 spiro atoms. The van der Waals surface area contributed by atoms with Gasteiger partial charge in [0.05, 0.1) is 0 Å². The second-order valence-electron chi connectivity index (χ2n) is 5.00. The molecule has 2 nitrogen and oxygen atoms in total. The van der Waals surface area contributed by atoms with Crippen molar-refractivity contribution in [1.29, 1.82) is 0 Å². The van der Waals surface area contributed by atoms with E-state index < -0.39 is 0 Å². The minimum Gasteiger partial charge on any atom is -0.366 e. The summed E-state index contributed by atoms with van der Waals surface area (Å²) in [5.74, 6) is -0.284. The van der Waals surface area contributed by atoms with Crippen LogP contribution in [-0.2, 0) is 13.1 Å². The molecule has 0 unspecified atom stereocenters. The van der Waals surface area contributed by atoms with Crippen molar-refractivity contribution in [3.05, 3.63) is 64.4 Å². The summed E-state index contributed by atoms with van der Waals surface area (Å²) < 4.78 is 13.4. The minimum absolute atomic E-state index is 0.284. The lowest BCUT2D eigenvalue weighted by Gasteiger charge is -2.24. The molecule has 4 heteroatoms. The van der Waals surface area contributed by atoms with Crippen LogP contribution in [0, 0.1) is 5.82 Å². The molecule has 1 N–H and O–H groups in total. The van der Waals surface area contributed by atoms with Crippen molar-refractivity contribution in [3.63, 3.8) is 0 Å². The molecule has 2 aromatic rings. The molecule has 104 valence electrons. The zero-order valence-corrected chi connectivity index (χ0v) is 11.8. The van der Waals surface area contributed by atoms with E-state index in [9.17, 15) is 4.39 Å². The molecule has 20 heavy (non-hydrogen) atoms. The summed E-state index contributed by atoms with van der Waals surface area (Å²) in [6.07, 6.45) is 0. The normalized spacial score (nSPS) is 14.8. The number of nitrogens with one attached hydrogen (secondary N) is 1. The molecule has 0 saturated heterocycles. The van der Waals surface area contributed by atoms with Crippen molar-refractivity contribution < 1.29 is 4.39 Å². The number of hydrogen-bond acceptors (Lipinski definition) is 2. The van der Waals surface area contributed by atoms with E-state index in [0.29, 0.717) is 11.6 Å². The van der Waals surface area contributed by atoms with Crippen LogP contribution < -0.4 is 10.2 Å². The van der Waals surface area contributed by atoms with Gasteiger partial charge in [-0.3, -0.25) is 0 Å².